The summed E-state index contributed by atoms with van der Waals surface area (Å²) in [5, 5.41) is 8.82. The number of hydrogen-bond acceptors (Lipinski definition) is 4. The molecule has 0 spiro atoms. The number of benzene rings is 1. The van der Waals surface area contributed by atoms with Crippen molar-refractivity contribution in [3.8, 4) is 6.07 Å². The van der Waals surface area contributed by atoms with Crippen molar-refractivity contribution in [2.24, 2.45) is 0 Å². The van der Waals surface area contributed by atoms with Gasteiger partial charge < -0.3 is 14.5 Å². The lowest BCUT2D eigenvalue weighted by Gasteiger charge is -2.57. The van der Waals surface area contributed by atoms with Gasteiger partial charge in [-0.3, -0.25) is 0 Å². The quantitative estimate of drug-likeness (QED) is 0.799. The molecule has 0 N–H and O–H groups in total. The molecule has 3 heterocycles. The van der Waals surface area contributed by atoms with Gasteiger partial charge in [0.15, 0.2) is 0 Å². The van der Waals surface area contributed by atoms with Gasteiger partial charge in [0.05, 0.1) is 17.3 Å². The lowest BCUT2D eigenvalue weighted by Crippen LogP contribution is -2.70. The average molecular weight is 317 g/mol. The number of ether oxygens (including phenoxy) is 1. The summed E-state index contributed by atoms with van der Waals surface area (Å²) in [4.78, 5) is 15.9. The third kappa shape index (κ3) is 2.96. The van der Waals surface area contributed by atoms with Crippen molar-refractivity contribution in [2.75, 3.05) is 18.0 Å². The SMILES string of the molecule is CC(C)(C)OC(=O)N1CC2CC(C1)N2c1ccc(C#N)cc1F. The molecule has 0 aromatic heterocycles. The van der Waals surface area contributed by atoms with Gasteiger partial charge in [-0.2, -0.15) is 5.26 Å². The van der Waals surface area contributed by atoms with Crippen molar-refractivity contribution >= 4 is 11.8 Å². The maximum Gasteiger partial charge on any atom is 0.410 e. The summed E-state index contributed by atoms with van der Waals surface area (Å²) in [7, 11) is 0. The summed E-state index contributed by atoms with van der Waals surface area (Å²) in [6.07, 6.45) is 0.630. The van der Waals surface area contributed by atoms with Crippen LogP contribution in [0, 0.1) is 17.1 Å². The molecule has 1 aromatic rings. The number of hydrogen-bond donors (Lipinski definition) is 0. The van der Waals surface area contributed by atoms with Crippen LogP contribution >= 0.6 is 0 Å². The van der Waals surface area contributed by atoms with Gasteiger partial charge in [-0.05, 0) is 45.4 Å². The smallest absolute Gasteiger partial charge is 0.410 e. The maximum absolute atomic E-state index is 14.2. The molecule has 5 nitrogen and oxygen atoms in total. The molecule has 6 heteroatoms. The van der Waals surface area contributed by atoms with Gasteiger partial charge in [-0.15, -0.1) is 0 Å². The minimum atomic E-state index is -0.516. The zero-order valence-electron chi connectivity index (χ0n) is 13.5. The first-order valence-corrected chi connectivity index (χ1v) is 7.74. The first kappa shape index (κ1) is 15.6. The highest BCUT2D eigenvalue weighted by Gasteiger charge is 2.47. The molecule has 1 amide bonds. The van der Waals surface area contributed by atoms with Crippen LogP contribution in [0.25, 0.3) is 0 Å². The van der Waals surface area contributed by atoms with Crippen LogP contribution in [0.2, 0.25) is 0 Å². The van der Waals surface area contributed by atoms with E-state index in [0.29, 0.717) is 24.3 Å². The largest absolute Gasteiger partial charge is 0.444 e. The number of amides is 1. The van der Waals surface area contributed by atoms with Crippen molar-refractivity contribution in [1.29, 1.82) is 5.26 Å². The van der Waals surface area contributed by atoms with E-state index in [0.717, 1.165) is 6.42 Å². The molecule has 2 bridgehead atoms. The molecule has 2 atom stereocenters. The number of anilines is 1. The molecule has 3 aliphatic rings. The summed E-state index contributed by atoms with van der Waals surface area (Å²) < 4.78 is 19.6. The van der Waals surface area contributed by atoms with Crippen LogP contribution in [0.3, 0.4) is 0 Å². The first-order chi connectivity index (χ1) is 10.8. The Morgan fingerprint density at radius 3 is 2.52 bits per heavy atom. The van der Waals surface area contributed by atoms with Crippen LogP contribution in [0.5, 0.6) is 0 Å². The first-order valence-electron chi connectivity index (χ1n) is 7.74. The van der Waals surface area contributed by atoms with Gasteiger partial charge in [-0.25, -0.2) is 9.18 Å². The maximum atomic E-state index is 14.2. The number of nitrogens with zero attached hydrogens (tertiary/aromatic N) is 3. The minimum Gasteiger partial charge on any atom is -0.444 e. The fourth-order valence-electron chi connectivity index (χ4n) is 3.26. The van der Waals surface area contributed by atoms with Crippen molar-refractivity contribution < 1.29 is 13.9 Å². The van der Waals surface area contributed by atoms with E-state index < -0.39 is 5.60 Å². The van der Waals surface area contributed by atoms with Gasteiger partial charge in [-0.1, -0.05) is 0 Å². The molecule has 3 fully saturated rings. The Balaban J connectivity index is 1.70. The summed E-state index contributed by atoms with van der Waals surface area (Å²) in [6, 6.07) is 6.67. The van der Waals surface area contributed by atoms with E-state index in [1.54, 1.807) is 17.0 Å². The van der Waals surface area contributed by atoms with E-state index >= 15 is 0 Å². The summed E-state index contributed by atoms with van der Waals surface area (Å²) in [6.45, 7) is 6.59. The summed E-state index contributed by atoms with van der Waals surface area (Å²) >= 11 is 0. The standard InChI is InChI=1S/C17H20FN3O2/c1-17(2,3)23-16(22)20-9-12-7-13(10-20)21(12)15-5-4-11(8-19)6-14(15)18/h4-6,12-13H,7,9-10H2,1-3H3. The number of nitriles is 1. The van der Waals surface area contributed by atoms with Crippen LogP contribution in [0.1, 0.15) is 32.8 Å². The highest BCUT2D eigenvalue weighted by molar-refractivity contribution is 5.70. The van der Waals surface area contributed by atoms with Crippen LogP contribution in [-0.4, -0.2) is 41.8 Å². The van der Waals surface area contributed by atoms with Crippen LogP contribution in [0.4, 0.5) is 14.9 Å². The molecule has 0 saturated carbocycles. The topological polar surface area (TPSA) is 56.6 Å². The minimum absolute atomic E-state index is 0.101. The molecule has 0 radical (unpaired) electrons. The van der Waals surface area contributed by atoms with E-state index in [1.165, 1.54) is 6.07 Å². The van der Waals surface area contributed by atoms with Crippen LogP contribution in [-0.2, 0) is 4.74 Å². The Labute approximate surface area is 135 Å². The Morgan fingerprint density at radius 1 is 1.35 bits per heavy atom. The molecular weight excluding hydrogens is 297 g/mol. The molecule has 122 valence electrons. The Kier molecular flexibility index (Phi) is 3.67. The molecule has 1 aromatic carbocycles. The van der Waals surface area contributed by atoms with Gasteiger partial charge in [0.25, 0.3) is 0 Å². The third-order valence-electron chi connectivity index (χ3n) is 4.20. The molecule has 0 aliphatic carbocycles. The third-order valence-corrected chi connectivity index (χ3v) is 4.20. The highest BCUT2D eigenvalue weighted by Crippen LogP contribution is 2.38. The number of rotatable bonds is 1. The summed E-state index contributed by atoms with van der Waals surface area (Å²) in [5.41, 5.74) is 0.305. The van der Waals surface area contributed by atoms with Crippen molar-refractivity contribution in [3.63, 3.8) is 0 Å². The molecule has 4 rings (SSSR count). The second kappa shape index (κ2) is 5.41. The second-order valence-corrected chi connectivity index (χ2v) is 7.11. The van der Waals surface area contributed by atoms with E-state index in [-0.39, 0.29) is 24.0 Å². The lowest BCUT2D eigenvalue weighted by atomic mass is 9.86. The molecule has 3 saturated heterocycles. The van der Waals surface area contributed by atoms with E-state index in [1.807, 2.05) is 31.7 Å². The van der Waals surface area contributed by atoms with Gasteiger partial charge in [0, 0.05) is 25.2 Å². The molecule has 2 unspecified atom stereocenters. The molecule has 3 aliphatic heterocycles. The molecular formula is C17H20FN3O2. The zero-order chi connectivity index (χ0) is 16.8. The predicted octanol–water partition coefficient (Wildman–Crippen LogP) is 2.90. The lowest BCUT2D eigenvalue weighted by molar-refractivity contribution is 0.00847. The Hall–Kier alpha value is -2.29. The number of piperazine rings is 1. The number of carbonyl (C=O) groups excluding carboxylic acids is 1. The van der Waals surface area contributed by atoms with Crippen LogP contribution in [0.15, 0.2) is 18.2 Å². The number of fused-ring (bicyclic) bond motifs is 2. The van der Waals surface area contributed by atoms with Gasteiger partial charge in [0.1, 0.15) is 11.4 Å². The van der Waals surface area contributed by atoms with Gasteiger partial charge >= 0.3 is 6.09 Å². The fourth-order valence-corrected chi connectivity index (χ4v) is 3.26. The second-order valence-electron chi connectivity index (χ2n) is 7.11. The number of halogens is 1. The average Bonchev–Trinajstić information content (AvgIpc) is 2.47. The predicted molar refractivity (Wildman–Crippen MR) is 83.6 cm³/mol. The van der Waals surface area contributed by atoms with E-state index in [2.05, 4.69) is 0 Å². The van der Waals surface area contributed by atoms with Crippen LogP contribution < -0.4 is 4.90 Å². The van der Waals surface area contributed by atoms with E-state index in [9.17, 15) is 9.18 Å². The Bertz CT molecular complexity index is 665. The van der Waals surface area contributed by atoms with Crippen molar-refractivity contribution in [2.45, 2.75) is 44.9 Å². The summed E-state index contributed by atoms with van der Waals surface area (Å²) in [5.74, 6) is -0.385. The zero-order valence-corrected chi connectivity index (χ0v) is 13.5. The van der Waals surface area contributed by atoms with Crippen molar-refractivity contribution in [3.05, 3.63) is 29.6 Å². The monoisotopic (exact) mass is 317 g/mol. The number of piperidine rings is 1. The van der Waals surface area contributed by atoms with Crippen molar-refractivity contribution in [1.82, 2.24) is 4.90 Å². The molecule has 23 heavy (non-hydrogen) atoms. The van der Waals surface area contributed by atoms with E-state index in [4.69, 9.17) is 10.00 Å². The Morgan fingerprint density at radius 2 is 2.00 bits per heavy atom. The van der Waals surface area contributed by atoms with Gasteiger partial charge in [0.2, 0.25) is 0 Å². The normalized spacial score (nSPS) is 23.1. The fraction of sp³-hybridized carbons (Fsp3) is 0.529. The highest BCUT2D eigenvalue weighted by atomic mass is 19.1. The number of carbonyl (C=O) groups is 1.